The third-order valence-corrected chi connectivity index (χ3v) is 4.79. The molecular formula is C14H25NO. The van der Waals surface area contributed by atoms with E-state index in [1.807, 2.05) is 0 Å². The molecule has 2 heterocycles. The fourth-order valence-corrected chi connectivity index (χ4v) is 3.80. The predicted octanol–water partition coefficient (Wildman–Crippen LogP) is 2.87. The third-order valence-electron chi connectivity index (χ3n) is 4.79. The van der Waals surface area contributed by atoms with Crippen molar-refractivity contribution in [2.45, 2.75) is 76.0 Å². The third kappa shape index (κ3) is 2.43. The molecule has 0 spiro atoms. The Bertz CT molecular complexity index is 225. The molecule has 92 valence electrons. The van der Waals surface area contributed by atoms with Crippen molar-refractivity contribution in [3.05, 3.63) is 0 Å². The van der Waals surface area contributed by atoms with Gasteiger partial charge in [0.05, 0.1) is 12.2 Å². The Morgan fingerprint density at radius 3 is 2.56 bits per heavy atom. The molecule has 2 heteroatoms. The molecule has 3 aliphatic rings. The highest BCUT2D eigenvalue weighted by molar-refractivity contribution is 4.93. The molecule has 2 saturated heterocycles. The molecule has 3 unspecified atom stereocenters. The van der Waals surface area contributed by atoms with Gasteiger partial charge >= 0.3 is 0 Å². The van der Waals surface area contributed by atoms with Gasteiger partial charge in [-0.05, 0) is 38.1 Å². The number of nitrogens with one attached hydrogen (secondary N) is 1. The lowest BCUT2D eigenvalue weighted by atomic mass is 9.87. The molecule has 1 saturated carbocycles. The fraction of sp³-hybridized carbons (Fsp3) is 1.00. The summed E-state index contributed by atoms with van der Waals surface area (Å²) >= 11 is 0. The van der Waals surface area contributed by atoms with Crippen LogP contribution in [0.3, 0.4) is 0 Å². The summed E-state index contributed by atoms with van der Waals surface area (Å²) in [5.74, 6) is 1.01. The second-order valence-corrected chi connectivity index (χ2v) is 5.96. The van der Waals surface area contributed by atoms with Gasteiger partial charge in [0.2, 0.25) is 0 Å². The van der Waals surface area contributed by atoms with Gasteiger partial charge in [0.1, 0.15) is 0 Å². The Hall–Kier alpha value is -0.0800. The molecule has 0 aromatic rings. The minimum absolute atomic E-state index is 0.552. The molecule has 16 heavy (non-hydrogen) atoms. The molecule has 2 nitrogen and oxygen atoms in total. The van der Waals surface area contributed by atoms with E-state index in [-0.39, 0.29) is 0 Å². The van der Waals surface area contributed by atoms with E-state index in [9.17, 15) is 0 Å². The first kappa shape index (κ1) is 11.0. The van der Waals surface area contributed by atoms with E-state index in [0.29, 0.717) is 18.2 Å². The van der Waals surface area contributed by atoms with Crippen molar-refractivity contribution < 1.29 is 4.74 Å². The minimum atomic E-state index is 0.552. The number of ether oxygens (including phenoxy) is 1. The normalized spacial score (nSPS) is 39.4. The molecular weight excluding hydrogens is 198 g/mol. The first-order valence-corrected chi connectivity index (χ1v) is 7.30. The standard InChI is InChI=1S/C14H25NO/c1-2-4-11(5-3-1)8-9-15-13-10-12-6-7-14(13)16-12/h11-15H,1-10H2. The van der Waals surface area contributed by atoms with Crippen molar-refractivity contribution in [3.63, 3.8) is 0 Å². The second-order valence-electron chi connectivity index (χ2n) is 5.96. The summed E-state index contributed by atoms with van der Waals surface area (Å²) in [6.45, 7) is 1.22. The monoisotopic (exact) mass is 223 g/mol. The highest BCUT2D eigenvalue weighted by atomic mass is 16.5. The van der Waals surface area contributed by atoms with Crippen LogP contribution in [0.1, 0.15) is 57.8 Å². The van der Waals surface area contributed by atoms with Gasteiger partial charge in [0.15, 0.2) is 0 Å². The molecule has 3 fully saturated rings. The van der Waals surface area contributed by atoms with E-state index in [0.717, 1.165) is 5.92 Å². The Labute approximate surface area is 99.1 Å². The maximum absolute atomic E-state index is 5.86. The Kier molecular flexibility index (Phi) is 3.49. The summed E-state index contributed by atoms with van der Waals surface area (Å²) in [5, 5.41) is 3.74. The summed E-state index contributed by atoms with van der Waals surface area (Å²) in [6, 6.07) is 0.683. The van der Waals surface area contributed by atoms with Crippen LogP contribution in [0, 0.1) is 5.92 Å². The molecule has 0 aromatic heterocycles. The average Bonchev–Trinajstić information content (AvgIpc) is 2.92. The number of rotatable bonds is 4. The summed E-state index contributed by atoms with van der Waals surface area (Å²) < 4.78 is 5.86. The van der Waals surface area contributed by atoms with Crippen molar-refractivity contribution in [1.29, 1.82) is 0 Å². The van der Waals surface area contributed by atoms with Crippen molar-refractivity contribution in [1.82, 2.24) is 5.32 Å². The lowest BCUT2D eigenvalue weighted by Crippen LogP contribution is -2.38. The van der Waals surface area contributed by atoms with Crippen LogP contribution in [0.5, 0.6) is 0 Å². The lowest BCUT2D eigenvalue weighted by molar-refractivity contribution is 0.0972. The van der Waals surface area contributed by atoms with Crippen LogP contribution in [-0.2, 0) is 4.74 Å². The summed E-state index contributed by atoms with van der Waals surface area (Å²) in [4.78, 5) is 0. The molecule has 2 bridgehead atoms. The van der Waals surface area contributed by atoms with Crippen molar-refractivity contribution in [2.75, 3.05) is 6.54 Å². The van der Waals surface area contributed by atoms with E-state index in [2.05, 4.69) is 5.32 Å². The quantitative estimate of drug-likeness (QED) is 0.791. The van der Waals surface area contributed by atoms with Gasteiger partial charge in [-0.1, -0.05) is 32.1 Å². The maximum Gasteiger partial charge on any atom is 0.0733 e. The van der Waals surface area contributed by atoms with Gasteiger partial charge in [0, 0.05) is 6.04 Å². The van der Waals surface area contributed by atoms with Gasteiger partial charge in [-0.2, -0.15) is 0 Å². The van der Waals surface area contributed by atoms with Crippen LogP contribution in [0.2, 0.25) is 0 Å². The summed E-state index contributed by atoms with van der Waals surface area (Å²) in [7, 11) is 0. The second kappa shape index (κ2) is 5.05. The van der Waals surface area contributed by atoms with Crippen molar-refractivity contribution in [3.8, 4) is 0 Å². The highest BCUT2D eigenvalue weighted by Crippen LogP contribution is 2.34. The van der Waals surface area contributed by atoms with Crippen LogP contribution < -0.4 is 5.32 Å². The lowest BCUT2D eigenvalue weighted by Gasteiger charge is -2.24. The molecule has 1 N–H and O–H groups in total. The zero-order valence-corrected chi connectivity index (χ0v) is 10.3. The maximum atomic E-state index is 5.86. The molecule has 2 aliphatic heterocycles. The van der Waals surface area contributed by atoms with E-state index >= 15 is 0 Å². The van der Waals surface area contributed by atoms with Gasteiger partial charge < -0.3 is 10.1 Å². The van der Waals surface area contributed by atoms with Crippen LogP contribution in [0.15, 0.2) is 0 Å². The van der Waals surface area contributed by atoms with E-state index < -0.39 is 0 Å². The highest BCUT2D eigenvalue weighted by Gasteiger charge is 2.40. The van der Waals surface area contributed by atoms with E-state index in [1.165, 1.54) is 64.3 Å². The fourth-order valence-electron chi connectivity index (χ4n) is 3.80. The largest absolute Gasteiger partial charge is 0.373 e. The van der Waals surface area contributed by atoms with Gasteiger partial charge in [-0.3, -0.25) is 0 Å². The van der Waals surface area contributed by atoms with Gasteiger partial charge in [-0.15, -0.1) is 0 Å². The molecule has 3 rings (SSSR count). The zero-order valence-electron chi connectivity index (χ0n) is 10.3. The first-order valence-electron chi connectivity index (χ1n) is 7.30. The molecule has 0 aromatic carbocycles. The average molecular weight is 223 g/mol. The van der Waals surface area contributed by atoms with Crippen LogP contribution in [0.25, 0.3) is 0 Å². The first-order chi connectivity index (χ1) is 7.92. The zero-order chi connectivity index (χ0) is 10.8. The van der Waals surface area contributed by atoms with Crippen LogP contribution in [0.4, 0.5) is 0 Å². The SMILES string of the molecule is C1CCC(CCNC2CC3CCC2O3)CC1. The number of fused-ring (bicyclic) bond motifs is 2. The number of hydrogen-bond acceptors (Lipinski definition) is 2. The predicted molar refractivity (Wildman–Crippen MR) is 65.5 cm³/mol. The van der Waals surface area contributed by atoms with Gasteiger partial charge in [-0.25, -0.2) is 0 Å². The van der Waals surface area contributed by atoms with Crippen LogP contribution in [-0.4, -0.2) is 24.8 Å². The van der Waals surface area contributed by atoms with E-state index in [1.54, 1.807) is 0 Å². The van der Waals surface area contributed by atoms with Crippen LogP contribution >= 0.6 is 0 Å². The molecule has 1 aliphatic carbocycles. The molecule has 3 atom stereocenters. The summed E-state index contributed by atoms with van der Waals surface area (Å²) in [5.41, 5.74) is 0. The van der Waals surface area contributed by atoms with Crippen molar-refractivity contribution in [2.24, 2.45) is 5.92 Å². The van der Waals surface area contributed by atoms with E-state index in [4.69, 9.17) is 4.74 Å². The smallest absolute Gasteiger partial charge is 0.0733 e. The van der Waals surface area contributed by atoms with Gasteiger partial charge in [0.25, 0.3) is 0 Å². The molecule has 0 radical (unpaired) electrons. The Balaban J connectivity index is 1.34. The minimum Gasteiger partial charge on any atom is -0.373 e. The molecule has 0 amide bonds. The Morgan fingerprint density at radius 2 is 1.88 bits per heavy atom. The van der Waals surface area contributed by atoms with Crippen molar-refractivity contribution >= 4 is 0 Å². The summed E-state index contributed by atoms with van der Waals surface area (Å²) in [6.07, 6.45) is 13.8. The Morgan fingerprint density at radius 1 is 1.00 bits per heavy atom. The topological polar surface area (TPSA) is 21.3 Å². The number of hydrogen-bond donors (Lipinski definition) is 1.